The van der Waals surface area contributed by atoms with Crippen LogP contribution in [0.3, 0.4) is 0 Å². The molecule has 8 nitrogen and oxygen atoms in total. The fourth-order valence-electron chi connectivity index (χ4n) is 3.74. The predicted octanol–water partition coefficient (Wildman–Crippen LogP) is 4.34. The van der Waals surface area contributed by atoms with Crippen molar-refractivity contribution in [2.75, 3.05) is 21.3 Å². The first-order chi connectivity index (χ1) is 16.6. The first-order valence-corrected chi connectivity index (χ1v) is 12.2. The summed E-state index contributed by atoms with van der Waals surface area (Å²) in [5, 5.41) is 0. The van der Waals surface area contributed by atoms with Crippen molar-refractivity contribution in [1.82, 2.24) is 4.72 Å². The zero-order valence-corrected chi connectivity index (χ0v) is 21.4. The largest absolute Gasteiger partial charge is 0.497 e. The van der Waals surface area contributed by atoms with E-state index in [4.69, 9.17) is 18.9 Å². The Kier molecular flexibility index (Phi) is 7.91. The summed E-state index contributed by atoms with van der Waals surface area (Å²) < 4.78 is 49.8. The van der Waals surface area contributed by atoms with Crippen molar-refractivity contribution in [2.45, 2.75) is 32.3 Å². The molecule has 0 unspecified atom stereocenters. The third-order valence-electron chi connectivity index (χ3n) is 5.43. The molecule has 0 aliphatic heterocycles. The van der Waals surface area contributed by atoms with E-state index >= 15 is 0 Å². The number of benzene rings is 3. The van der Waals surface area contributed by atoms with Crippen LogP contribution in [0.25, 0.3) is 0 Å². The molecule has 0 atom stereocenters. The van der Waals surface area contributed by atoms with Gasteiger partial charge in [0.2, 0.25) is 0 Å². The number of nitrogens with one attached hydrogen (secondary N) is 1. The first kappa shape index (κ1) is 25.9. The molecule has 3 aromatic rings. The van der Waals surface area contributed by atoms with Crippen LogP contribution in [-0.4, -0.2) is 35.7 Å². The zero-order chi connectivity index (χ0) is 25.8. The Morgan fingerprint density at radius 2 is 1.40 bits per heavy atom. The Balaban J connectivity index is 1.81. The predicted molar refractivity (Wildman–Crippen MR) is 132 cm³/mol. The van der Waals surface area contributed by atoms with Gasteiger partial charge in [-0.25, -0.2) is 13.1 Å². The third-order valence-corrected chi connectivity index (χ3v) is 6.94. The Morgan fingerprint density at radius 3 is 1.94 bits per heavy atom. The van der Waals surface area contributed by atoms with Gasteiger partial charge in [0.1, 0.15) is 34.5 Å². The summed E-state index contributed by atoms with van der Waals surface area (Å²) >= 11 is 0. The quantitative estimate of drug-likeness (QED) is 0.468. The van der Waals surface area contributed by atoms with Gasteiger partial charge in [-0.1, -0.05) is 12.1 Å². The van der Waals surface area contributed by atoms with Gasteiger partial charge in [0.05, 0.1) is 21.3 Å². The Hall–Kier alpha value is -3.72. The minimum absolute atomic E-state index is 0.0804. The van der Waals surface area contributed by atoms with Gasteiger partial charge in [0.25, 0.3) is 15.9 Å². The number of ether oxygens (including phenoxy) is 4. The lowest BCUT2D eigenvalue weighted by Crippen LogP contribution is -2.31. The summed E-state index contributed by atoms with van der Waals surface area (Å²) in [6.45, 7) is 5.55. The topological polar surface area (TPSA) is 100 Å². The molecule has 0 saturated heterocycles. The molecule has 0 aromatic heterocycles. The molecular weight excluding hydrogens is 470 g/mol. The van der Waals surface area contributed by atoms with E-state index in [2.05, 4.69) is 4.72 Å². The summed E-state index contributed by atoms with van der Waals surface area (Å²) in [5.41, 5.74) is 2.96. The molecule has 9 heteroatoms. The molecule has 0 heterocycles. The summed E-state index contributed by atoms with van der Waals surface area (Å²) in [6, 6.07) is 13.7. The molecule has 3 aromatic carbocycles. The van der Waals surface area contributed by atoms with Crippen molar-refractivity contribution in [3.05, 3.63) is 76.3 Å². The minimum atomic E-state index is -4.22. The van der Waals surface area contributed by atoms with Gasteiger partial charge in [-0.2, -0.15) is 0 Å². The maximum absolute atomic E-state index is 13.1. The van der Waals surface area contributed by atoms with Gasteiger partial charge in [0, 0.05) is 11.6 Å². The molecule has 1 amide bonds. The highest BCUT2D eigenvalue weighted by atomic mass is 32.2. The molecule has 0 aliphatic carbocycles. The zero-order valence-electron chi connectivity index (χ0n) is 20.6. The number of methoxy groups -OCH3 is 3. The van der Waals surface area contributed by atoms with Crippen LogP contribution in [0.15, 0.2) is 53.4 Å². The number of rotatable bonds is 9. The second-order valence-electron chi connectivity index (χ2n) is 7.99. The Labute approximate surface area is 205 Å². The average molecular weight is 500 g/mol. The molecule has 0 aliphatic rings. The average Bonchev–Trinajstić information content (AvgIpc) is 2.82. The van der Waals surface area contributed by atoms with E-state index in [1.807, 2.05) is 24.3 Å². The van der Waals surface area contributed by atoms with Crippen LogP contribution < -0.4 is 23.7 Å². The second kappa shape index (κ2) is 10.7. The summed E-state index contributed by atoms with van der Waals surface area (Å²) in [6.07, 6.45) is 0. The molecule has 0 bridgehead atoms. The van der Waals surface area contributed by atoms with E-state index in [1.54, 1.807) is 46.1 Å². The van der Waals surface area contributed by atoms with Crippen molar-refractivity contribution in [3.63, 3.8) is 0 Å². The molecule has 186 valence electrons. The van der Waals surface area contributed by atoms with Crippen LogP contribution in [-0.2, 0) is 16.6 Å². The molecule has 0 spiro atoms. The van der Waals surface area contributed by atoms with Crippen LogP contribution in [0.5, 0.6) is 23.0 Å². The number of aryl methyl sites for hydroxylation is 3. The molecule has 35 heavy (non-hydrogen) atoms. The number of carbonyl (C=O) groups excluding carboxylic acids is 1. The monoisotopic (exact) mass is 499 g/mol. The fraction of sp³-hybridized carbons (Fsp3) is 0.269. The lowest BCUT2D eigenvalue weighted by molar-refractivity contribution is 0.0981. The van der Waals surface area contributed by atoms with Crippen LogP contribution in [0.2, 0.25) is 0 Å². The summed E-state index contributed by atoms with van der Waals surface area (Å²) in [4.78, 5) is 12.8. The van der Waals surface area contributed by atoms with Crippen LogP contribution in [0.4, 0.5) is 0 Å². The molecule has 3 rings (SSSR count). The van der Waals surface area contributed by atoms with E-state index < -0.39 is 15.9 Å². The van der Waals surface area contributed by atoms with Gasteiger partial charge in [0.15, 0.2) is 0 Å². The number of carbonyl (C=O) groups is 1. The maximum Gasteiger partial charge on any atom is 0.268 e. The molecule has 0 saturated carbocycles. The smallest absolute Gasteiger partial charge is 0.268 e. The number of hydrogen-bond acceptors (Lipinski definition) is 7. The molecular formula is C26H29NO7S. The highest BCUT2D eigenvalue weighted by Gasteiger charge is 2.26. The Bertz CT molecular complexity index is 1310. The minimum Gasteiger partial charge on any atom is -0.497 e. The standard InChI is InChI=1S/C26H29NO7S/c1-16-11-20(12-17(2)24(16)34-15-19-7-9-21(31-4)10-8-19)26(28)27-35(29,30)25-18(3)13-22(32-5)14-23(25)33-6/h7-14H,15H2,1-6H3,(H,27,28). The van der Waals surface area contributed by atoms with E-state index in [-0.39, 0.29) is 16.2 Å². The highest BCUT2D eigenvalue weighted by molar-refractivity contribution is 7.90. The molecule has 0 fully saturated rings. The van der Waals surface area contributed by atoms with Gasteiger partial charge >= 0.3 is 0 Å². The number of hydrogen-bond donors (Lipinski definition) is 1. The highest BCUT2D eigenvalue weighted by Crippen LogP contribution is 2.32. The van der Waals surface area contributed by atoms with Gasteiger partial charge in [-0.05, 0) is 73.4 Å². The van der Waals surface area contributed by atoms with Crippen molar-refractivity contribution < 1.29 is 32.2 Å². The van der Waals surface area contributed by atoms with E-state index in [0.29, 0.717) is 34.8 Å². The number of sulfonamides is 1. The second-order valence-corrected chi connectivity index (χ2v) is 9.61. The van der Waals surface area contributed by atoms with Crippen LogP contribution in [0, 0.1) is 20.8 Å². The van der Waals surface area contributed by atoms with Crippen LogP contribution in [0.1, 0.15) is 32.6 Å². The molecule has 0 radical (unpaired) electrons. The fourth-order valence-corrected chi connectivity index (χ4v) is 5.10. The van der Waals surface area contributed by atoms with Crippen molar-refractivity contribution >= 4 is 15.9 Å². The Morgan fingerprint density at radius 1 is 0.800 bits per heavy atom. The van der Waals surface area contributed by atoms with Gasteiger partial charge in [-0.3, -0.25) is 4.79 Å². The van der Waals surface area contributed by atoms with E-state index in [9.17, 15) is 13.2 Å². The number of amides is 1. The van der Waals surface area contributed by atoms with Crippen LogP contribution >= 0.6 is 0 Å². The SMILES string of the molecule is COc1ccc(COc2c(C)cc(C(=O)NS(=O)(=O)c3c(C)cc(OC)cc3OC)cc2C)cc1. The first-order valence-electron chi connectivity index (χ1n) is 10.8. The van der Waals surface area contributed by atoms with Gasteiger partial charge < -0.3 is 18.9 Å². The van der Waals surface area contributed by atoms with Crippen molar-refractivity contribution in [1.29, 1.82) is 0 Å². The summed E-state index contributed by atoms with van der Waals surface area (Å²) in [5.74, 6) is 1.16. The van der Waals surface area contributed by atoms with E-state index in [0.717, 1.165) is 11.3 Å². The molecule has 1 N–H and O–H groups in total. The van der Waals surface area contributed by atoms with Crippen molar-refractivity contribution in [2.24, 2.45) is 0 Å². The third kappa shape index (κ3) is 5.86. The summed E-state index contributed by atoms with van der Waals surface area (Å²) in [7, 11) is 0.217. The van der Waals surface area contributed by atoms with Crippen molar-refractivity contribution in [3.8, 4) is 23.0 Å². The van der Waals surface area contributed by atoms with Gasteiger partial charge in [-0.15, -0.1) is 0 Å². The lowest BCUT2D eigenvalue weighted by Gasteiger charge is -2.16. The van der Waals surface area contributed by atoms with E-state index in [1.165, 1.54) is 20.3 Å². The normalized spacial score (nSPS) is 11.0. The lowest BCUT2D eigenvalue weighted by atomic mass is 10.1. The maximum atomic E-state index is 13.1.